The van der Waals surface area contributed by atoms with Crippen LogP contribution in [0.2, 0.25) is 0 Å². The van der Waals surface area contributed by atoms with E-state index in [0.717, 1.165) is 168 Å². The number of benzene rings is 15. The van der Waals surface area contributed by atoms with E-state index in [-0.39, 0.29) is 0 Å². The van der Waals surface area contributed by atoms with Gasteiger partial charge in [-0.3, -0.25) is 0 Å². The second-order valence-electron chi connectivity index (χ2n) is 27.0. The van der Waals surface area contributed by atoms with Crippen LogP contribution in [0.15, 0.2) is 364 Å². The molecule has 0 amide bonds. The number of hydrogen-bond donors (Lipinski definition) is 0. The zero-order chi connectivity index (χ0) is 76.9. The summed E-state index contributed by atoms with van der Waals surface area (Å²) >= 11 is 3.58. The summed E-state index contributed by atoms with van der Waals surface area (Å²) in [5.74, 6) is 20.6. The minimum Gasteiger partial charge on any atom is -0.311 e. The smallest absolute Gasteiger partial charge is 0.121 e. The number of fused-ring (bicyclic) bond motifs is 3. The number of para-hydroxylation sites is 6. The molecular formula is C102H66N10S3. The van der Waals surface area contributed by atoms with Gasteiger partial charge >= 0.3 is 0 Å². The predicted molar refractivity (Wildman–Crippen MR) is 481 cm³/mol. The largest absolute Gasteiger partial charge is 0.311 e. The molecule has 10 nitrogen and oxygen atoms in total. The predicted octanol–water partition coefficient (Wildman–Crippen LogP) is 26.3. The highest BCUT2D eigenvalue weighted by Gasteiger charge is 2.19. The highest BCUT2D eigenvalue weighted by atomic mass is 32.1. The Morgan fingerprint density at radius 3 is 0.583 bits per heavy atom. The van der Waals surface area contributed by atoms with Crippen molar-refractivity contribution in [2.75, 3.05) is 19.6 Å². The summed E-state index contributed by atoms with van der Waals surface area (Å²) in [6, 6.07) is 126. The third-order valence-electron chi connectivity index (χ3n) is 19.6. The summed E-state index contributed by atoms with van der Waals surface area (Å²) in [5, 5.41) is 0. The highest BCUT2D eigenvalue weighted by Crippen LogP contribution is 2.40. The lowest BCUT2D eigenvalue weighted by Gasteiger charge is -2.25. The molecule has 13 heteroatoms. The fraction of sp³-hybridized carbons (Fsp3) is 0. The van der Waals surface area contributed by atoms with Crippen molar-refractivity contribution in [3.63, 3.8) is 0 Å². The van der Waals surface area contributed by atoms with Crippen LogP contribution in [0.25, 0.3) is 69.6 Å². The van der Waals surface area contributed by atoms with E-state index in [1.165, 1.54) is 35.2 Å². The molecule has 0 bridgehead atoms. The Balaban J connectivity index is 0.595. The van der Waals surface area contributed by atoms with Crippen LogP contribution in [0, 0.1) is 35.5 Å². The molecule has 115 heavy (non-hydrogen) atoms. The zero-order valence-corrected chi connectivity index (χ0v) is 64.3. The van der Waals surface area contributed by atoms with Gasteiger partial charge < -0.3 is 19.6 Å². The van der Waals surface area contributed by atoms with Crippen LogP contribution in [0.3, 0.4) is 0 Å². The van der Waals surface area contributed by atoms with E-state index in [9.17, 15) is 0 Å². The monoisotopic (exact) mass is 1530 g/mol. The van der Waals surface area contributed by atoms with Gasteiger partial charge in [0.15, 0.2) is 0 Å². The summed E-state index contributed by atoms with van der Waals surface area (Å²) in [5.41, 5.74) is 28.4. The molecule has 0 saturated carbocycles. The minimum atomic E-state index is 0.772. The zero-order valence-electron chi connectivity index (χ0n) is 61.8. The lowest BCUT2D eigenvalue weighted by atomic mass is 10.1. The van der Waals surface area contributed by atoms with Crippen molar-refractivity contribution in [3.05, 3.63) is 431 Å². The number of hydrogen-bond acceptors (Lipinski definition) is 13. The van der Waals surface area contributed by atoms with Crippen LogP contribution >= 0.6 is 35.2 Å². The Morgan fingerprint density at radius 1 is 0.174 bits per heavy atom. The average Bonchev–Trinajstić information content (AvgIpc) is 1.60. The Hall–Kier alpha value is -15.1. The molecule has 0 saturated heterocycles. The van der Waals surface area contributed by atoms with Gasteiger partial charge in [0.25, 0.3) is 0 Å². The Kier molecular flexibility index (Phi) is 20.9. The summed E-state index contributed by atoms with van der Waals surface area (Å²) in [6.07, 6.45) is 12.7. The van der Waals surface area contributed by atoms with Gasteiger partial charge in [0.1, 0.15) is 33.1 Å². The van der Waals surface area contributed by atoms with E-state index >= 15 is 0 Å². The molecule has 3 heterocycles. The van der Waals surface area contributed by atoms with Gasteiger partial charge in [-0.15, -0.1) is 0 Å². The van der Waals surface area contributed by atoms with Crippen LogP contribution < -0.4 is 19.6 Å². The van der Waals surface area contributed by atoms with Gasteiger partial charge in [0.05, 0.1) is 51.9 Å². The maximum absolute atomic E-state index is 4.75. The van der Waals surface area contributed by atoms with Crippen LogP contribution in [0.5, 0.6) is 0 Å². The Labute approximate surface area is 680 Å². The van der Waals surface area contributed by atoms with Crippen LogP contribution in [0.1, 0.15) is 66.8 Å². The van der Waals surface area contributed by atoms with Gasteiger partial charge in [0, 0.05) is 102 Å². The average molecular weight is 1530 g/mol. The lowest BCUT2D eigenvalue weighted by Crippen LogP contribution is -2.10. The maximum Gasteiger partial charge on any atom is 0.121 e. The first kappa shape index (κ1) is 71.5. The topological polar surface area (TPSA) is 90.3 Å². The van der Waals surface area contributed by atoms with E-state index in [1.807, 2.05) is 54.6 Å². The van der Waals surface area contributed by atoms with Crippen molar-refractivity contribution < 1.29 is 0 Å². The molecule has 0 spiro atoms. The Morgan fingerprint density at radius 2 is 0.365 bits per heavy atom. The molecule has 0 N–H and O–H groups in total. The van der Waals surface area contributed by atoms with Gasteiger partial charge in [-0.1, -0.05) is 236 Å². The van der Waals surface area contributed by atoms with Crippen LogP contribution in [-0.4, -0.2) is 26.2 Å². The second kappa shape index (κ2) is 33.6. The van der Waals surface area contributed by atoms with E-state index in [4.69, 9.17) is 26.2 Å². The number of nitrogens with zero attached hydrogens (tertiary/aromatic N) is 10. The Bertz CT molecular complexity index is 5970. The molecule has 18 rings (SSSR count). The fourth-order valence-electron chi connectivity index (χ4n) is 13.9. The van der Waals surface area contributed by atoms with Crippen molar-refractivity contribution in [2.45, 2.75) is 0 Å². The molecule has 15 aromatic carbocycles. The van der Waals surface area contributed by atoms with Crippen molar-refractivity contribution in [1.29, 1.82) is 0 Å². The van der Waals surface area contributed by atoms with Crippen molar-refractivity contribution in [1.82, 2.24) is 26.2 Å². The summed E-state index contributed by atoms with van der Waals surface area (Å²) < 4.78 is 28.5. The third-order valence-corrected chi connectivity index (χ3v) is 21.2. The fourth-order valence-corrected chi connectivity index (χ4v) is 15.6. The molecule has 0 radical (unpaired) electrons. The molecule has 542 valence electrons. The normalized spacial score (nSPS) is 11.2. The van der Waals surface area contributed by atoms with Crippen molar-refractivity contribution >= 4 is 173 Å². The second-order valence-corrected chi connectivity index (χ2v) is 28.6. The van der Waals surface area contributed by atoms with Gasteiger partial charge in [0.2, 0.25) is 0 Å². The first-order valence-corrected chi connectivity index (χ1v) is 39.7. The number of rotatable bonds is 18. The van der Waals surface area contributed by atoms with E-state index in [0.29, 0.717) is 0 Å². The first-order valence-electron chi connectivity index (χ1n) is 37.5. The quantitative estimate of drug-likeness (QED) is 0.0611. The van der Waals surface area contributed by atoms with Crippen LogP contribution in [0.4, 0.5) is 68.2 Å². The summed E-state index contributed by atoms with van der Waals surface area (Å²) in [7, 11) is 0. The molecule has 0 aliphatic heterocycles. The number of aromatic nitrogens is 6. The maximum atomic E-state index is 4.75. The van der Waals surface area contributed by atoms with Gasteiger partial charge in [-0.25, -0.2) is 0 Å². The van der Waals surface area contributed by atoms with Crippen molar-refractivity contribution in [3.8, 4) is 35.5 Å². The molecule has 18 aromatic rings. The van der Waals surface area contributed by atoms with E-state index in [1.54, 1.807) is 0 Å². The molecule has 0 atom stereocenters. The SMILES string of the molecule is C(#Cc1ccc(/C=C/c2ccc(N(c3ccccc3)c3ccccc3)cc2)c2nsnc12)c1ccc(N(c2ccc(C#Cc3ccc(/C=C/c4ccc(N(c5ccccc5)c5ccccc5)cc4)c4nsnc34)cc2)c2ccc(C#Cc3ccc(/C=C/c4ccc(N(c5ccccc5)c5ccccc5)cc4)c4nsnc34)cc2)cc1. The van der Waals surface area contributed by atoms with Gasteiger partial charge in [-0.2, -0.15) is 26.2 Å². The summed E-state index contributed by atoms with van der Waals surface area (Å²) in [4.78, 5) is 9.00. The van der Waals surface area contributed by atoms with E-state index < -0.39 is 0 Å². The number of anilines is 12. The van der Waals surface area contributed by atoms with E-state index in [2.05, 4.69) is 401 Å². The van der Waals surface area contributed by atoms with Gasteiger partial charge in [-0.05, 0) is 217 Å². The molecule has 0 fully saturated rings. The molecular weight excluding hydrogens is 1460 g/mol. The van der Waals surface area contributed by atoms with Crippen LogP contribution in [-0.2, 0) is 0 Å². The molecule has 3 aromatic heterocycles. The third kappa shape index (κ3) is 16.1. The molecule has 0 aliphatic rings. The molecule has 0 unspecified atom stereocenters. The minimum absolute atomic E-state index is 0.772. The highest BCUT2D eigenvalue weighted by molar-refractivity contribution is 7.00. The van der Waals surface area contributed by atoms with Crippen molar-refractivity contribution in [2.24, 2.45) is 0 Å². The first-order chi connectivity index (χ1) is 57.0. The lowest BCUT2D eigenvalue weighted by molar-refractivity contribution is 1.28. The summed E-state index contributed by atoms with van der Waals surface area (Å²) in [6.45, 7) is 0. The standard InChI is InChI=1S/C102H66N10S3/c1-7-19-85(20-8-1)109(86-21-9-2-10-22-86)91-61-37-73(38-62-91)31-49-79-55-58-82(100-97(79)103-113-106-100)52-34-76-43-67-94(68-44-76)112(95-69-45-77(46-70-95)35-53-83-59-56-80(98-101(83)107-114-104-98)50-32-74-39-63-92(64-40-74)110(87-23-11-3-12-24-87)88-25-13-4-14-26-88)96-71-47-78(48-72-96)36-54-84-60-57-81(99-102(84)108-115-105-99)51-33-75-41-65-93(66-42-75)111(89-27-15-5-16-28-89)90-29-17-6-18-30-90/h1-33,37-51,55-72H/b49-31+,50-32+,51-33+. The molecule has 0 aliphatic carbocycles.